The third-order valence-corrected chi connectivity index (χ3v) is 9.55. The third-order valence-electron chi connectivity index (χ3n) is 7.92. The number of sulfonamides is 1. The summed E-state index contributed by atoms with van der Waals surface area (Å²) in [5.74, 6) is -0.522. The molecule has 0 aliphatic carbocycles. The molecule has 16 heteroatoms. The van der Waals surface area contributed by atoms with Gasteiger partial charge in [-0.25, -0.2) is 17.9 Å². The van der Waals surface area contributed by atoms with Gasteiger partial charge in [-0.2, -0.15) is 0 Å². The van der Waals surface area contributed by atoms with Gasteiger partial charge in [0.15, 0.2) is 4.98 Å². The van der Waals surface area contributed by atoms with Crippen LogP contribution in [0.15, 0.2) is 21.8 Å². The number of aliphatic hydroxyl groups excluding tert-OH is 1. The summed E-state index contributed by atoms with van der Waals surface area (Å²) < 4.78 is 40.7. The maximum absolute atomic E-state index is 13.5. The minimum atomic E-state index is -4.08. The number of nitrogens with zero attached hydrogens (tertiary/aromatic N) is 3. The number of amides is 2. The molecule has 15 nitrogen and oxygen atoms in total. The molecule has 1 aromatic carbocycles. The van der Waals surface area contributed by atoms with Crippen LogP contribution in [0.3, 0.4) is 0 Å². The van der Waals surface area contributed by atoms with E-state index in [1.807, 2.05) is 20.8 Å². The molecule has 1 aromatic rings. The Kier molecular flexibility index (Phi) is 14.1. The Morgan fingerprint density at radius 1 is 1.15 bits per heavy atom. The van der Waals surface area contributed by atoms with Gasteiger partial charge in [-0.15, -0.1) is 0 Å². The van der Waals surface area contributed by atoms with E-state index in [1.165, 1.54) is 0 Å². The molecule has 0 saturated carbocycles. The minimum absolute atomic E-state index is 0.0606. The van der Waals surface area contributed by atoms with Crippen LogP contribution in [0.1, 0.15) is 95.4 Å². The van der Waals surface area contributed by atoms with Crippen molar-refractivity contribution in [3.05, 3.63) is 39.2 Å². The van der Waals surface area contributed by atoms with Gasteiger partial charge in [0.2, 0.25) is 23.0 Å². The molecule has 0 fully saturated rings. The van der Waals surface area contributed by atoms with Crippen molar-refractivity contribution in [3.8, 4) is 5.75 Å². The number of ether oxygens (including phenoxy) is 2. The number of carbonyl (C=O) groups excluding carboxylic acids is 2. The van der Waals surface area contributed by atoms with Gasteiger partial charge in [0.05, 0.1) is 17.0 Å². The first kappa shape index (κ1) is 40.1. The van der Waals surface area contributed by atoms with E-state index in [0.29, 0.717) is 43.4 Å². The number of carbonyl (C=O) groups is 2. The van der Waals surface area contributed by atoms with Crippen molar-refractivity contribution in [2.45, 2.75) is 129 Å². The number of alkyl carbamates (subject to hydrolysis) is 1. The molecule has 2 rings (SSSR count). The fourth-order valence-corrected chi connectivity index (χ4v) is 6.84. The highest BCUT2D eigenvalue weighted by Gasteiger charge is 2.33. The second-order valence-corrected chi connectivity index (χ2v) is 15.3. The molecule has 8 N–H and O–H groups in total. The van der Waals surface area contributed by atoms with Gasteiger partial charge in [-0.3, -0.25) is 9.79 Å². The van der Waals surface area contributed by atoms with Gasteiger partial charge >= 0.3 is 12.3 Å². The van der Waals surface area contributed by atoms with Gasteiger partial charge in [-0.05, 0) is 123 Å². The second kappa shape index (κ2) is 16.8. The number of unbranched alkanes of at least 4 members (excludes halogenated alkanes) is 1. The van der Waals surface area contributed by atoms with Crippen molar-refractivity contribution in [1.82, 2.24) is 15.4 Å². The highest BCUT2D eigenvalue weighted by Crippen LogP contribution is 2.42. The molecule has 0 spiro atoms. The number of aliphatic imine (C=N–C) groups is 1. The van der Waals surface area contributed by atoms with E-state index in [9.17, 15) is 23.1 Å². The molecular weight excluding hydrogens is 640 g/mol. The van der Waals surface area contributed by atoms with Crippen molar-refractivity contribution in [2.24, 2.45) is 16.5 Å². The molecule has 0 radical (unpaired) electrons. The Morgan fingerprint density at radius 3 is 2.44 bits per heavy atom. The highest BCUT2D eigenvalue weighted by atomic mass is 32.2. The number of hydrogen-bond donors (Lipinski definition) is 6. The monoisotopic (exact) mass is 693 g/mol. The lowest BCUT2D eigenvalue weighted by atomic mass is 9.88. The molecule has 2 atom stereocenters. The zero-order valence-electron chi connectivity index (χ0n) is 29.4. The maximum atomic E-state index is 13.5. The first-order chi connectivity index (χ1) is 22.2. The lowest BCUT2D eigenvalue weighted by Crippen LogP contribution is -2.46. The van der Waals surface area contributed by atoms with E-state index in [-0.39, 0.29) is 35.8 Å². The number of nitrogens with two attached hydrogens (primary N) is 2. The van der Waals surface area contributed by atoms with Gasteiger partial charge < -0.3 is 36.7 Å². The molecule has 0 aromatic heterocycles. The first-order valence-corrected chi connectivity index (χ1v) is 17.6. The van der Waals surface area contributed by atoms with Crippen molar-refractivity contribution in [2.75, 3.05) is 13.1 Å². The summed E-state index contributed by atoms with van der Waals surface area (Å²) in [7, 11) is -4.08. The summed E-state index contributed by atoms with van der Waals surface area (Å²) in [5, 5.41) is 24.5. The average molecular weight is 694 g/mol. The predicted molar refractivity (Wildman–Crippen MR) is 184 cm³/mol. The van der Waals surface area contributed by atoms with Crippen LogP contribution in [-0.2, 0) is 26.0 Å². The molecule has 0 unspecified atom stereocenters. The molecule has 1 heterocycles. The normalized spacial score (nSPS) is 16.1. The quantitative estimate of drug-likeness (QED) is 0.0541. The Bertz CT molecular complexity index is 1540. The lowest BCUT2D eigenvalue weighted by molar-refractivity contribution is -0.123. The Labute approximate surface area is 284 Å². The summed E-state index contributed by atoms with van der Waals surface area (Å²) in [6.07, 6.45) is 3.55. The van der Waals surface area contributed by atoms with Crippen molar-refractivity contribution in [1.29, 1.82) is 5.39 Å². The predicted octanol–water partition coefficient (Wildman–Crippen LogP) is 3.85. The number of nitrogens with one attached hydrogen (secondary N) is 3. The molecular formula is C32H53N8O7S+. The molecule has 1 aliphatic rings. The van der Waals surface area contributed by atoms with Crippen LogP contribution in [0, 0.1) is 26.2 Å². The van der Waals surface area contributed by atoms with Crippen LogP contribution in [0.2, 0.25) is 0 Å². The van der Waals surface area contributed by atoms with Crippen LogP contribution < -0.4 is 31.6 Å². The van der Waals surface area contributed by atoms with Crippen molar-refractivity contribution < 1.29 is 32.6 Å². The topological polar surface area (TPSA) is 236 Å². The molecule has 0 saturated heterocycles. The van der Waals surface area contributed by atoms with Gasteiger partial charge in [0, 0.05) is 13.1 Å². The number of hydrogen-bond acceptors (Lipinski definition) is 10. The minimum Gasteiger partial charge on any atom is -0.504 e. The molecule has 2 amide bonds. The zero-order chi connectivity index (χ0) is 36.4. The summed E-state index contributed by atoms with van der Waals surface area (Å²) in [5.41, 5.74) is 13.9. The highest BCUT2D eigenvalue weighted by molar-refractivity contribution is 7.90. The van der Waals surface area contributed by atoms with Gasteiger partial charge in [0.1, 0.15) is 17.0 Å². The van der Waals surface area contributed by atoms with Crippen molar-refractivity contribution >= 4 is 28.0 Å². The fraction of sp³-hybridized carbons (Fsp3) is 0.656. The Morgan fingerprint density at radius 2 is 1.81 bits per heavy atom. The fourth-order valence-electron chi connectivity index (χ4n) is 5.31. The number of diazo groups is 1. The number of guanidine groups is 1. The zero-order valence-corrected chi connectivity index (χ0v) is 30.2. The number of benzene rings is 1. The van der Waals surface area contributed by atoms with Crippen LogP contribution in [0.4, 0.5) is 4.79 Å². The summed E-state index contributed by atoms with van der Waals surface area (Å²) >= 11 is 0. The van der Waals surface area contributed by atoms with E-state index in [1.54, 1.807) is 34.6 Å². The van der Waals surface area contributed by atoms with Gasteiger partial charge in [0.25, 0.3) is 10.0 Å². The van der Waals surface area contributed by atoms with Gasteiger partial charge in [-0.1, -0.05) is 0 Å². The molecule has 0 bridgehead atoms. The second-order valence-electron chi connectivity index (χ2n) is 13.6. The average Bonchev–Trinajstić information content (AvgIpc) is 2.95. The SMILES string of the molecule is Cc1c(C)c(S(=O)(=O)NC(N)=NCCC[C@H](NC(=O)[C@@H](N)CCCCNC(=O)OC(C)(C)C)/C(O)=C/[N+]#N)c(C)c2c1OC(C)(C)CC2. The van der Waals surface area contributed by atoms with E-state index < -0.39 is 45.5 Å². The number of fused-ring (bicyclic) bond motifs is 1. The summed E-state index contributed by atoms with van der Waals surface area (Å²) in [4.78, 5) is 31.6. The number of aliphatic hydroxyl groups is 1. The standard InChI is InChI=1S/C32H52N8O7S/c1-19-20(2)27(21(3)22-14-15-32(7,8)46-26(19)22)48(44,45)40-29(34)36-17-11-13-24(25(41)18-38-35)39-28(42)23(33)12-9-10-16-37-30(43)47-31(4,5)6/h18,23-24H,9-17,33H2,1-8H3,(H5-,34,36,37,39,40,41,42,43)/p+1/b25-18-/t23-,24-/m0/s1. The lowest BCUT2D eigenvalue weighted by Gasteiger charge is -2.35. The largest absolute Gasteiger partial charge is 0.504 e. The summed E-state index contributed by atoms with van der Waals surface area (Å²) in [6, 6.07) is -1.84. The third kappa shape index (κ3) is 11.9. The first-order valence-electron chi connectivity index (χ1n) is 16.1. The molecule has 268 valence electrons. The number of rotatable bonds is 14. The van der Waals surface area contributed by atoms with Crippen LogP contribution in [0.25, 0.3) is 4.98 Å². The molecule has 48 heavy (non-hydrogen) atoms. The van der Waals surface area contributed by atoms with E-state index in [4.69, 9.17) is 26.3 Å². The van der Waals surface area contributed by atoms with E-state index >= 15 is 0 Å². The Balaban J connectivity index is 1.96. The maximum Gasteiger partial charge on any atom is 0.407 e. The molecule has 1 aliphatic heterocycles. The van der Waals surface area contributed by atoms with Crippen LogP contribution in [0.5, 0.6) is 5.75 Å². The van der Waals surface area contributed by atoms with Crippen LogP contribution >= 0.6 is 0 Å². The van der Waals surface area contributed by atoms with Crippen LogP contribution in [-0.4, -0.2) is 67.9 Å². The Hall–Kier alpha value is -4.10. The van der Waals surface area contributed by atoms with E-state index in [2.05, 4.69) is 25.3 Å². The van der Waals surface area contributed by atoms with E-state index in [0.717, 1.165) is 29.5 Å². The van der Waals surface area contributed by atoms with Crippen molar-refractivity contribution in [3.63, 3.8) is 0 Å². The smallest absolute Gasteiger partial charge is 0.407 e. The summed E-state index contributed by atoms with van der Waals surface area (Å²) in [6.45, 7) is 15.1.